The Morgan fingerprint density at radius 3 is 2.75 bits per heavy atom. The Morgan fingerprint density at radius 2 is 2.00 bits per heavy atom. The quantitative estimate of drug-likeness (QED) is 0.773. The van der Waals surface area contributed by atoms with Crippen LogP contribution in [0.5, 0.6) is 5.75 Å². The molecule has 0 unspecified atom stereocenters. The van der Waals surface area contributed by atoms with Crippen molar-refractivity contribution in [2.75, 3.05) is 7.11 Å². The summed E-state index contributed by atoms with van der Waals surface area (Å²) in [4.78, 5) is 17.1. The second-order valence-electron chi connectivity index (χ2n) is 4.82. The minimum atomic E-state index is -0.223. The topological polar surface area (TPSA) is 50.7 Å². The van der Waals surface area contributed by atoms with Crippen LogP contribution in [0.25, 0.3) is 6.08 Å². The molecule has 3 rings (SSSR count). The van der Waals surface area contributed by atoms with E-state index in [2.05, 4.69) is 10.3 Å². The summed E-state index contributed by atoms with van der Waals surface area (Å²) in [5.74, 6) is 0.352. The monoisotopic (exact) mass is 378 g/mol. The molecule has 1 heterocycles. The lowest BCUT2D eigenvalue weighted by Crippen LogP contribution is -2.19. The Morgan fingerprint density at radius 1 is 1.21 bits per heavy atom. The van der Waals surface area contributed by atoms with Crippen molar-refractivity contribution in [3.63, 3.8) is 0 Å². The maximum atomic E-state index is 12.1. The number of carbonyl (C=O) groups is 1. The number of thioether (sulfide) groups is 1. The fourth-order valence-electron chi connectivity index (χ4n) is 2.07. The van der Waals surface area contributed by atoms with E-state index in [1.807, 2.05) is 18.2 Å². The highest BCUT2D eigenvalue weighted by atomic mass is 35.5. The van der Waals surface area contributed by atoms with Gasteiger partial charge in [-0.2, -0.15) is 0 Å². The summed E-state index contributed by atoms with van der Waals surface area (Å²) in [6.07, 6.45) is 1.74. The molecular formula is C17H12Cl2N2O2S. The van der Waals surface area contributed by atoms with E-state index >= 15 is 0 Å². The molecule has 0 saturated carbocycles. The lowest BCUT2D eigenvalue weighted by molar-refractivity contribution is -0.115. The maximum Gasteiger partial charge on any atom is 0.264 e. The molecule has 0 aromatic heterocycles. The minimum absolute atomic E-state index is 0.223. The van der Waals surface area contributed by atoms with Gasteiger partial charge in [-0.25, -0.2) is 4.99 Å². The van der Waals surface area contributed by atoms with Gasteiger partial charge in [-0.1, -0.05) is 41.4 Å². The van der Waals surface area contributed by atoms with E-state index < -0.39 is 0 Å². The number of ether oxygens (including phenoxy) is 1. The predicted molar refractivity (Wildman–Crippen MR) is 100 cm³/mol. The summed E-state index contributed by atoms with van der Waals surface area (Å²) in [6, 6.07) is 12.4. The summed E-state index contributed by atoms with van der Waals surface area (Å²) in [6.45, 7) is 0. The molecule has 0 atom stereocenters. The Bertz CT molecular complexity index is 865. The second kappa shape index (κ2) is 7.30. The van der Waals surface area contributed by atoms with Crippen LogP contribution in [-0.4, -0.2) is 18.2 Å². The van der Waals surface area contributed by atoms with Gasteiger partial charge in [0.1, 0.15) is 11.4 Å². The highest BCUT2D eigenvalue weighted by Crippen LogP contribution is 2.34. The molecule has 1 N–H and O–H groups in total. The molecule has 0 aliphatic carbocycles. The number of hydrogen-bond donors (Lipinski definition) is 1. The van der Waals surface area contributed by atoms with Crippen LogP contribution in [0.15, 0.2) is 52.4 Å². The van der Waals surface area contributed by atoms with Gasteiger partial charge < -0.3 is 10.1 Å². The van der Waals surface area contributed by atoms with Crippen LogP contribution in [0.3, 0.4) is 0 Å². The highest BCUT2D eigenvalue weighted by Gasteiger charge is 2.24. The van der Waals surface area contributed by atoms with E-state index in [0.29, 0.717) is 31.6 Å². The Balaban J connectivity index is 1.90. The van der Waals surface area contributed by atoms with Gasteiger partial charge in [0.25, 0.3) is 5.91 Å². The lowest BCUT2D eigenvalue weighted by Gasteiger charge is -2.05. The molecule has 2 aromatic rings. The predicted octanol–water partition coefficient (Wildman–Crippen LogP) is 4.89. The standard InChI is InChI=1S/C17H12Cl2N2O2S/c1-23-14-7-6-11(18)9-13(14)20-17-21-16(22)15(24-17)8-10-4-2-3-5-12(10)19/h2-9H,1H3,(H,20,21,22)/b15-8-. The molecule has 24 heavy (non-hydrogen) atoms. The first-order valence-electron chi connectivity index (χ1n) is 6.94. The molecule has 122 valence electrons. The van der Waals surface area contributed by atoms with Crippen molar-refractivity contribution in [2.24, 2.45) is 4.99 Å². The molecule has 4 nitrogen and oxygen atoms in total. The van der Waals surface area contributed by atoms with Crippen molar-refractivity contribution in [3.8, 4) is 5.75 Å². The highest BCUT2D eigenvalue weighted by molar-refractivity contribution is 8.18. The molecule has 1 aliphatic heterocycles. The third-order valence-corrected chi connectivity index (χ3v) is 4.69. The number of amidine groups is 1. The van der Waals surface area contributed by atoms with Crippen LogP contribution in [0.4, 0.5) is 5.69 Å². The molecular weight excluding hydrogens is 367 g/mol. The Hall–Kier alpha value is -1.95. The average Bonchev–Trinajstić information content (AvgIpc) is 2.89. The SMILES string of the molecule is COc1ccc(Cl)cc1N=C1NC(=O)/C(=C/c2ccccc2Cl)S1. The van der Waals surface area contributed by atoms with E-state index in [1.54, 1.807) is 37.5 Å². The Kier molecular flexibility index (Phi) is 5.14. The molecule has 0 radical (unpaired) electrons. The van der Waals surface area contributed by atoms with E-state index in [-0.39, 0.29) is 5.91 Å². The molecule has 0 spiro atoms. The van der Waals surface area contributed by atoms with Gasteiger partial charge in [-0.05, 0) is 47.7 Å². The van der Waals surface area contributed by atoms with Gasteiger partial charge in [0.2, 0.25) is 0 Å². The Labute approximate surface area is 153 Å². The summed E-state index contributed by atoms with van der Waals surface area (Å²) >= 11 is 13.4. The summed E-state index contributed by atoms with van der Waals surface area (Å²) in [7, 11) is 1.55. The third kappa shape index (κ3) is 3.75. The van der Waals surface area contributed by atoms with Crippen LogP contribution in [0, 0.1) is 0 Å². The number of rotatable bonds is 3. The van der Waals surface area contributed by atoms with Crippen LogP contribution >= 0.6 is 35.0 Å². The van der Waals surface area contributed by atoms with E-state index in [1.165, 1.54) is 11.8 Å². The fourth-order valence-corrected chi connectivity index (χ4v) is 3.26. The van der Waals surface area contributed by atoms with Crippen molar-refractivity contribution >= 4 is 57.8 Å². The lowest BCUT2D eigenvalue weighted by atomic mass is 10.2. The number of nitrogens with one attached hydrogen (secondary N) is 1. The van der Waals surface area contributed by atoms with E-state index in [4.69, 9.17) is 27.9 Å². The van der Waals surface area contributed by atoms with Crippen LogP contribution < -0.4 is 10.1 Å². The first-order chi connectivity index (χ1) is 11.6. The third-order valence-electron chi connectivity index (χ3n) is 3.21. The molecule has 1 amide bonds. The number of hydrogen-bond acceptors (Lipinski definition) is 4. The smallest absolute Gasteiger partial charge is 0.264 e. The zero-order chi connectivity index (χ0) is 17.1. The molecule has 1 saturated heterocycles. The largest absolute Gasteiger partial charge is 0.494 e. The molecule has 7 heteroatoms. The van der Waals surface area contributed by atoms with Gasteiger partial charge in [0.05, 0.1) is 12.0 Å². The van der Waals surface area contributed by atoms with Crippen LogP contribution in [0.2, 0.25) is 10.0 Å². The van der Waals surface area contributed by atoms with Gasteiger partial charge >= 0.3 is 0 Å². The van der Waals surface area contributed by atoms with Crippen molar-refractivity contribution in [1.82, 2.24) is 5.32 Å². The van der Waals surface area contributed by atoms with Gasteiger partial charge in [0.15, 0.2) is 5.17 Å². The van der Waals surface area contributed by atoms with Crippen molar-refractivity contribution in [3.05, 3.63) is 63.0 Å². The first kappa shape index (κ1) is 16.9. The molecule has 0 bridgehead atoms. The number of benzene rings is 2. The van der Waals surface area contributed by atoms with Gasteiger partial charge in [0, 0.05) is 10.0 Å². The van der Waals surface area contributed by atoms with Crippen LogP contribution in [-0.2, 0) is 4.79 Å². The van der Waals surface area contributed by atoms with Crippen molar-refractivity contribution in [2.45, 2.75) is 0 Å². The van der Waals surface area contributed by atoms with Crippen LogP contribution in [0.1, 0.15) is 5.56 Å². The number of halogens is 2. The fraction of sp³-hybridized carbons (Fsp3) is 0.0588. The molecule has 1 fully saturated rings. The summed E-state index contributed by atoms with van der Waals surface area (Å²) < 4.78 is 5.26. The van der Waals surface area contributed by atoms with E-state index in [0.717, 1.165) is 5.56 Å². The van der Waals surface area contributed by atoms with E-state index in [9.17, 15) is 4.79 Å². The molecule has 1 aliphatic rings. The zero-order valence-corrected chi connectivity index (χ0v) is 14.9. The molecule has 2 aromatic carbocycles. The maximum absolute atomic E-state index is 12.1. The second-order valence-corrected chi connectivity index (χ2v) is 6.69. The number of aliphatic imine (C=N–C) groups is 1. The number of amides is 1. The number of carbonyl (C=O) groups excluding carboxylic acids is 1. The number of methoxy groups -OCH3 is 1. The zero-order valence-electron chi connectivity index (χ0n) is 12.5. The first-order valence-corrected chi connectivity index (χ1v) is 8.52. The minimum Gasteiger partial charge on any atom is -0.494 e. The van der Waals surface area contributed by atoms with Crippen molar-refractivity contribution < 1.29 is 9.53 Å². The summed E-state index contributed by atoms with van der Waals surface area (Å²) in [5.41, 5.74) is 1.32. The van der Waals surface area contributed by atoms with Gasteiger partial charge in [-0.3, -0.25) is 4.79 Å². The summed E-state index contributed by atoms with van der Waals surface area (Å²) in [5, 5.41) is 4.31. The van der Waals surface area contributed by atoms with Gasteiger partial charge in [-0.15, -0.1) is 0 Å². The van der Waals surface area contributed by atoms with Crippen molar-refractivity contribution in [1.29, 1.82) is 0 Å². The normalized spacial score (nSPS) is 17.4. The average molecular weight is 379 g/mol. The number of nitrogens with zero attached hydrogens (tertiary/aromatic N) is 1.